The van der Waals surface area contributed by atoms with Crippen LogP contribution in [-0.4, -0.2) is 18.3 Å². The van der Waals surface area contributed by atoms with Crippen LogP contribution in [0.3, 0.4) is 0 Å². The summed E-state index contributed by atoms with van der Waals surface area (Å²) < 4.78 is 4.59. The number of carbonyl (C=O) groups excluding carboxylic acids is 2. The van der Waals surface area contributed by atoms with Crippen LogP contribution in [0.15, 0.2) is 12.0 Å². The molecular weight excluding hydrogens is 134 g/mol. The SMILES string of the molecule is CC1NC(=CC=O)OC1=O. The molecule has 1 rings (SSSR count). The van der Waals surface area contributed by atoms with Crippen molar-refractivity contribution in [2.24, 2.45) is 0 Å². The maximum atomic E-state index is 10.6. The topological polar surface area (TPSA) is 55.4 Å². The molecule has 0 aliphatic carbocycles. The predicted octanol–water partition coefficient (Wildman–Crippen LogP) is -0.438. The van der Waals surface area contributed by atoms with E-state index >= 15 is 0 Å². The van der Waals surface area contributed by atoms with Crippen LogP contribution in [0.2, 0.25) is 0 Å². The van der Waals surface area contributed by atoms with Gasteiger partial charge in [-0.25, -0.2) is 4.79 Å². The van der Waals surface area contributed by atoms with E-state index in [1.54, 1.807) is 6.92 Å². The summed E-state index contributed by atoms with van der Waals surface area (Å²) in [6.07, 6.45) is 1.73. The highest BCUT2D eigenvalue weighted by atomic mass is 16.6. The zero-order valence-corrected chi connectivity index (χ0v) is 5.46. The summed E-state index contributed by atoms with van der Waals surface area (Å²) in [4.78, 5) is 20.5. The van der Waals surface area contributed by atoms with Gasteiger partial charge < -0.3 is 10.1 Å². The smallest absolute Gasteiger partial charge is 0.334 e. The van der Waals surface area contributed by atoms with Gasteiger partial charge in [0.25, 0.3) is 0 Å². The molecule has 0 spiro atoms. The van der Waals surface area contributed by atoms with Gasteiger partial charge in [0.15, 0.2) is 0 Å². The number of allylic oxidation sites excluding steroid dienone is 1. The predicted molar refractivity (Wildman–Crippen MR) is 32.8 cm³/mol. The van der Waals surface area contributed by atoms with E-state index in [9.17, 15) is 9.59 Å². The molecule has 1 saturated heterocycles. The van der Waals surface area contributed by atoms with Crippen LogP contribution in [0, 0.1) is 0 Å². The van der Waals surface area contributed by atoms with Gasteiger partial charge >= 0.3 is 5.97 Å². The first kappa shape index (κ1) is 6.80. The molecule has 0 aromatic carbocycles. The number of rotatable bonds is 1. The normalized spacial score (nSPS) is 27.9. The molecule has 0 bridgehead atoms. The van der Waals surface area contributed by atoms with Crippen molar-refractivity contribution in [3.8, 4) is 0 Å². The third-order valence-electron chi connectivity index (χ3n) is 1.14. The molecule has 1 aliphatic rings. The first-order chi connectivity index (χ1) is 4.74. The lowest BCUT2D eigenvalue weighted by atomic mass is 10.4. The van der Waals surface area contributed by atoms with Crippen molar-refractivity contribution >= 4 is 12.3 Å². The summed E-state index contributed by atoms with van der Waals surface area (Å²) in [5.41, 5.74) is 0. The summed E-state index contributed by atoms with van der Waals surface area (Å²) in [6, 6.07) is -0.341. The average Bonchev–Trinajstić information content (AvgIpc) is 2.14. The minimum Gasteiger partial charge on any atom is -0.408 e. The molecule has 1 atom stereocenters. The van der Waals surface area contributed by atoms with Gasteiger partial charge in [-0.05, 0) is 6.92 Å². The van der Waals surface area contributed by atoms with Crippen LogP contribution in [0.25, 0.3) is 0 Å². The minimum atomic E-state index is -0.354. The Balaban J connectivity index is 2.65. The monoisotopic (exact) mass is 141 g/mol. The standard InChI is InChI=1S/C6H7NO3/c1-4-6(9)10-5(7-4)2-3-8/h2-4,7H,1H3. The Morgan fingerprint density at radius 1 is 1.70 bits per heavy atom. The average molecular weight is 141 g/mol. The summed E-state index contributed by atoms with van der Waals surface area (Å²) in [7, 11) is 0. The van der Waals surface area contributed by atoms with E-state index in [2.05, 4.69) is 10.1 Å². The third kappa shape index (κ3) is 1.15. The minimum absolute atomic E-state index is 0.229. The lowest BCUT2D eigenvalue weighted by molar-refractivity contribution is -0.136. The van der Waals surface area contributed by atoms with Gasteiger partial charge in [-0.2, -0.15) is 0 Å². The number of ether oxygens (including phenoxy) is 1. The number of esters is 1. The van der Waals surface area contributed by atoms with E-state index < -0.39 is 0 Å². The Hall–Kier alpha value is -1.32. The van der Waals surface area contributed by atoms with Crippen molar-refractivity contribution < 1.29 is 14.3 Å². The van der Waals surface area contributed by atoms with Crippen molar-refractivity contribution in [1.29, 1.82) is 0 Å². The van der Waals surface area contributed by atoms with Gasteiger partial charge in [-0.15, -0.1) is 0 Å². The van der Waals surface area contributed by atoms with Gasteiger partial charge in [0.1, 0.15) is 12.3 Å². The van der Waals surface area contributed by atoms with Gasteiger partial charge in [-0.1, -0.05) is 0 Å². The second-order valence-electron chi connectivity index (χ2n) is 1.95. The number of carbonyl (C=O) groups is 2. The van der Waals surface area contributed by atoms with Gasteiger partial charge in [0.2, 0.25) is 5.88 Å². The number of cyclic esters (lactones) is 1. The fourth-order valence-electron chi connectivity index (χ4n) is 0.642. The van der Waals surface area contributed by atoms with Crippen LogP contribution in [0.4, 0.5) is 0 Å². The fourth-order valence-corrected chi connectivity index (χ4v) is 0.642. The number of hydrogen-bond donors (Lipinski definition) is 1. The summed E-state index contributed by atoms with van der Waals surface area (Å²) in [6.45, 7) is 1.66. The molecule has 0 radical (unpaired) electrons. The van der Waals surface area contributed by atoms with Crippen molar-refractivity contribution in [2.75, 3.05) is 0 Å². The van der Waals surface area contributed by atoms with Gasteiger partial charge in [0.05, 0.1) is 0 Å². The van der Waals surface area contributed by atoms with Crippen LogP contribution in [0.1, 0.15) is 6.92 Å². The Morgan fingerprint density at radius 2 is 2.40 bits per heavy atom. The van der Waals surface area contributed by atoms with E-state index in [1.807, 2.05) is 0 Å². The largest absolute Gasteiger partial charge is 0.408 e. The molecule has 0 aromatic rings. The number of aldehydes is 1. The van der Waals surface area contributed by atoms with Crippen LogP contribution >= 0.6 is 0 Å². The van der Waals surface area contributed by atoms with Crippen LogP contribution < -0.4 is 5.32 Å². The Morgan fingerprint density at radius 3 is 2.80 bits per heavy atom. The van der Waals surface area contributed by atoms with E-state index in [4.69, 9.17) is 0 Å². The molecule has 0 saturated carbocycles. The third-order valence-corrected chi connectivity index (χ3v) is 1.14. The number of nitrogens with one attached hydrogen (secondary N) is 1. The van der Waals surface area contributed by atoms with E-state index in [0.717, 1.165) is 0 Å². The molecule has 10 heavy (non-hydrogen) atoms. The highest BCUT2D eigenvalue weighted by Crippen LogP contribution is 2.05. The molecule has 0 amide bonds. The van der Waals surface area contributed by atoms with Crippen LogP contribution in [-0.2, 0) is 14.3 Å². The van der Waals surface area contributed by atoms with Crippen molar-refractivity contribution in [3.63, 3.8) is 0 Å². The molecule has 1 heterocycles. The molecule has 54 valence electrons. The zero-order valence-electron chi connectivity index (χ0n) is 5.46. The highest BCUT2D eigenvalue weighted by molar-refractivity contribution is 5.80. The molecule has 1 unspecified atom stereocenters. The van der Waals surface area contributed by atoms with Crippen LogP contribution in [0.5, 0.6) is 0 Å². The van der Waals surface area contributed by atoms with Gasteiger partial charge in [-0.3, -0.25) is 4.79 Å². The second-order valence-corrected chi connectivity index (χ2v) is 1.95. The van der Waals surface area contributed by atoms with E-state index in [0.29, 0.717) is 6.29 Å². The van der Waals surface area contributed by atoms with Crippen molar-refractivity contribution in [1.82, 2.24) is 5.32 Å². The second kappa shape index (κ2) is 2.51. The highest BCUT2D eigenvalue weighted by Gasteiger charge is 2.24. The Kier molecular flexibility index (Phi) is 1.71. The molecule has 4 heteroatoms. The Labute approximate surface area is 57.9 Å². The maximum Gasteiger partial charge on any atom is 0.334 e. The quantitative estimate of drug-likeness (QED) is 0.305. The molecular formula is C6H7NO3. The Bertz CT molecular complexity index is 197. The first-order valence-corrected chi connectivity index (χ1v) is 2.87. The van der Waals surface area contributed by atoms with Crippen molar-refractivity contribution in [2.45, 2.75) is 13.0 Å². The molecule has 4 nitrogen and oxygen atoms in total. The maximum absolute atomic E-state index is 10.6. The summed E-state index contributed by atoms with van der Waals surface area (Å²) in [5.74, 6) is -0.124. The zero-order chi connectivity index (χ0) is 7.56. The van der Waals surface area contributed by atoms with Gasteiger partial charge in [0, 0.05) is 6.08 Å². The molecule has 1 N–H and O–H groups in total. The number of hydrogen-bond acceptors (Lipinski definition) is 4. The fraction of sp³-hybridized carbons (Fsp3) is 0.333. The van der Waals surface area contributed by atoms with E-state index in [-0.39, 0.29) is 17.9 Å². The summed E-state index contributed by atoms with van der Waals surface area (Å²) >= 11 is 0. The molecule has 0 aromatic heterocycles. The molecule has 1 fully saturated rings. The summed E-state index contributed by atoms with van der Waals surface area (Å²) in [5, 5.41) is 2.66. The lowest BCUT2D eigenvalue weighted by Gasteiger charge is -1.92. The lowest BCUT2D eigenvalue weighted by Crippen LogP contribution is -2.21. The first-order valence-electron chi connectivity index (χ1n) is 2.87. The van der Waals surface area contributed by atoms with Crippen molar-refractivity contribution in [3.05, 3.63) is 12.0 Å². The van der Waals surface area contributed by atoms with E-state index in [1.165, 1.54) is 6.08 Å². The molecule has 1 aliphatic heterocycles.